The number of nitrogens with two attached hydrogens (primary N) is 1. The molecule has 7 N–H and O–H groups in total. The van der Waals surface area contributed by atoms with E-state index >= 15 is 0 Å². The zero-order valence-corrected chi connectivity index (χ0v) is 28.9. The van der Waals surface area contributed by atoms with E-state index in [0.29, 0.717) is 42.2 Å². The first-order chi connectivity index (χ1) is 25.2. The molecule has 0 bridgehead atoms. The van der Waals surface area contributed by atoms with E-state index in [1.54, 1.807) is 12.1 Å². The summed E-state index contributed by atoms with van der Waals surface area (Å²) in [5.74, 6) is -0.257. The minimum atomic E-state index is -5.08. The number of nitrogens with zero attached hydrogens (tertiary/aromatic N) is 5. The van der Waals surface area contributed by atoms with Crippen molar-refractivity contribution in [3.8, 4) is 23.6 Å². The van der Waals surface area contributed by atoms with Crippen molar-refractivity contribution in [2.45, 2.75) is 57.9 Å². The zero-order chi connectivity index (χ0) is 39.0. The fourth-order valence-electron chi connectivity index (χ4n) is 5.01. The number of hydrogen-bond acceptors (Lipinski definition) is 9. The molecule has 1 amide bonds. The number of aryl methyl sites for hydroxylation is 1. The maximum atomic E-state index is 13.8. The summed E-state index contributed by atoms with van der Waals surface area (Å²) in [6.07, 6.45) is 5.76. The van der Waals surface area contributed by atoms with E-state index in [4.69, 9.17) is 22.1 Å². The van der Waals surface area contributed by atoms with Crippen molar-refractivity contribution in [1.82, 2.24) is 40.1 Å². The molecule has 0 aliphatic rings. The molecule has 19 heteroatoms. The number of amides is 1. The largest absolute Gasteiger partial charge is 0.490 e. The minimum absolute atomic E-state index is 0.103. The van der Waals surface area contributed by atoms with Gasteiger partial charge in [0, 0.05) is 36.4 Å². The average molecular weight is 753 g/mol. The number of aromatic nitrogens is 5. The zero-order valence-electron chi connectivity index (χ0n) is 28.9. The third-order valence-corrected chi connectivity index (χ3v) is 7.55. The first-order valence-corrected chi connectivity index (χ1v) is 16.7. The maximum Gasteiger partial charge on any atom is 0.490 e. The number of carbonyl (C=O) groups is 2. The number of terminal acetylenes is 1. The lowest BCUT2D eigenvalue weighted by Gasteiger charge is -2.13. The Bertz CT molecular complexity index is 1830. The van der Waals surface area contributed by atoms with Gasteiger partial charge in [-0.3, -0.25) is 13.9 Å². The molecule has 3 heterocycles. The number of rotatable bonds is 18. The van der Waals surface area contributed by atoms with Gasteiger partial charge in [0.15, 0.2) is 17.2 Å². The van der Waals surface area contributed by atoms with E-state index < -0.39 is 24.0 Å². The van der Waals surface area contributed by atoms with Crippen LogP contribution in [0.15, 0.2) is 43.0 Å². The van der Waals surface area contributed by atoms with E-state index in [9.17, 15) is 31.1 Å². The number of anilines is 2. The Balaban J connectivity index is 0.000000980. The van der Waals surface area contributed by atoms with Crippen LogP contribution in [0.25, 0.3) is 16.9 Å². The summed E-state index contributed by atoms with van der Waals surface area (Å²) in [5, 5.41) is 23.8. The summed E-state index contributed by atoms with van der Waals surface area (Å²) >= 11 is 0. The van der Waals surface area contributed by atoms with Gasteiger partial charge >= 0.3 is 18.3 Å². The van der Waals surface area contributed by atoms with Gasteiger partial charge in [-0.05, 0) is 88.6 Å². The summed E-state index contributed by atoms with van der Waals surface area (Å²) in [5.41, 5.74) is 6.89. The molecule has 1 aromatic carbocycles. The molecule has 288 valence electrons. The smallest absolute Gasteiger partial charge is 0.475 e. The second-order valence-corrected chi connectivity index (χ2v) is 11.5. The number of nitrogens with one attached hydrogen (secondary N) is 4. The molecule has 0 aliphatic heterocycles. The number of hydrogen-bond donors (Lipinski definition) is 6. The van der Waals surface area contributed by atoms with Gasteiger partial charge in [-0.15, -0.1) is 6.42 Å². The number of carbonyl (C=O) groups excluding carboxylic acids is 1. The molecule has 0 saturated carbocycles. The van der Waals surface area contributed by atoms with Gasteiger partial charge < -0.3 is 32.1 Å². The van der Waals surface area contributed by atoms with Gasteiger partial charge in [-0.25, -0.2) is 14.8 Å². The summed E-state index contributed by atoms with van der Waals surface area (Å²) in [6.45, 7) is 6.85. The third-order valence-electron chi connectivity index (χ3n) is 7.55. The summed E-state index contributed by atoms with van der Waals surface area (Å²) in [4.78, 5) is 30.6. The first kappa shape index (κ1) is 42.2. The molecule has 13 nitrogen and oxygen atoms in total. The Morgan fingerprint density at radius 3 is 2.25 bits per heavy atom. The van der Waals surface area contributed by atoms with Crippen molar-refractivity contribution in [2.24, 2.45) is 5.73 Å². The minimum Gasteiger partial charge on any atom is -0.475 e. The lowest BCUT2D eigenvalue weighted by molar-refractivity contribution is -0.192. The molecule has 0 aliphatic carbocycles. The second-order valence-electron chi connectivity index (χ2n) is 11.5. The van der Waals surface area contributed by atoms with Crippen molar-refractivity contribution in [3.63, 3.8) is 0 Å². The Morgan fingerprint density at radius 1 is 0.981 bits per heavy atom. The highest BCUT2D eigenvalue weighted by Gasteiger charge is 2.39. The Morgan fingerprint density at radius 2 is 1.64 bits per heavy atom. The standard InChI is InChI=1S/C32H41F3N10O.C2HF3O2/c1-3-18-44-22-26(28(43-44)32(33,34)35)27-21-41-30-29(39-17-19-45(27)30)42-24-9-10-25(23(4-2)20-24)31(46)40-16-8-15-38-13-6-5-12-37-14-7-11-36;3-2(4,5)1(6)7/h1,9-10,17,19-22,37-38H,4-8,11-16,18,36H2,2H3,(H,39,42)(H,40,46);(H,6,7). The third kappa shape index (κ3) is 12.8. The van der Waals surface area contributed by atoms with Crippen molar-refractivity contribution in [3.05, 3.63) is 59.8 Å². The average Bonchev–Trinajstić information content (AvgIpc) is 3.74. The van der Waals surface area contributed by atoms with Crippen LogP contribution in [0, 0.1) is 12.3 Å². The number of alkyl halides is 6. The molecule has 0 unspecified atom stereocenters. The highest BCUT2D eigenvalue weighted by molar-refractivity contribution is 5.96. The lowest BCUT2D eigenvalue weighted by Crippen LogP contribution is -2.28. The number of benzene rings is 1. The molecule has 4 aromatic rings. The van der Waals surface area contributed by atoms with Crippen LogP contribution in [-0.4, -0.2) is 86.6 Å². The van der Waals surface area contributed by atoms with Crippen LogP contribution >= 0.6 is 0 Å². The number of halogens is 6. The van der Waals surface area contributed by atoms with Gasteiger partial charge in [-0.2, -0.15) is 31.4 Å². The molecule has 0 atom stereocenters. The van der Waals surface area contributed by atoms with Gasteiger partial charge in [-0.1, -0.05) is 12.8 Å². The normalized spacial score (nSPS) is 11.5. The lowest BCUT2D eigenvalue weighted by atomic mass is 10.0. The van der Waals surface area contributed by atoms with Crippen LogP contribution in [0.2, 0.25) is 0 Å². The van der Waals surface area contributed by atoms with E-state index in [2.05, 4.69) is 42.3 Å². The van der Waals surface area contributed by atoms with Crippen LogP contribution in [-0.2, 0) is 23.9 Å². The Labute approximate surface area is 301 Å². The van der Waals surface area contributed by atoms with Crippen LogP contribution in [0.3, 0.4) is 0 Å². The summed E-state index contributed by atoms with van der Waals surface area (Å²) in [7, 11) is 0. The fourth-order valence-corrected chi connectivity index (χ4v) is 5.01. The number of imidazole rings is 1. The van der Waals surface area contributed by atoms with E-state index in [0.717, 1.165) is 62.1 Å². The fraction of sp³-hybridized carbons (Fsp3) is 0.441. The number of aliphatic carboxylic acids is 1. The quantitative estimate of drug-likeness (QED) is 0.0478. The molecule has 3 aromatic heterocycles. The number of fused-ring (bicyclic) bond motifs is 1. The van der Waals surface area contributed by atoms with E-state index in [-0.39, 0.29) is 23.7 Å². The van der Waals surface area contributed by atoms with E-state index in [1.165, 1.54) is 29.2 Å². The summed E-state index contributed by atoms with van der Waals surface area (Å²) < 4.78 is 75.7. The highest BCUT2D eigenvalue weighted by Crippen LogP contribution is 2.37. The Hall–Kier alpha value is -5.19. The predicted octanol–water partition coefficient (Wildman–Crippen LogP) is 4.61. The molecular formula is C34H42F6N10O3. The van der Waals surface area contributed by atoms with Gasteiger partial charge in [0.25, 0.3) is 5.91 Å². The molecule has 0 spiro atoms. The number of carboxylic acid groups (broad SMARTS) is 1. The van der Waals surface area contributed by atoms with Crippen molar-refractivity contribution >= 4 is 29.0 Å². The van der Waals surface area contributed by atoms with Crippen molar-refractivity contribution in [1.29, 1.82) is 0 Å². The van der Waals surface area contributed by atoms with Gasteiger partial charge in [0.05, 0.1) is 17.5 Å². The van der Waals surface area contributed by atoms with Gasteiger partial charge in [0.2, 0.25) is 0 Å². The highest BCUT2D eigenvalue weighted by atomic mass is 19.4. The van der Waals surface area contributed by atoms with Gasteiger partial charge in [0.1, 0.15) is 6.54 Å². The molecular weight excluding hydrogens is 710 g/mol. The molecule has 53 heavy (non-hydrogen) atoms. The molecule has 0 saturated heterocycles. The number of unbranched alkanes of at least 4 members (excludes halogenated alkanes) is 1. The SMILES string of the molecule is C#CCn1cc(-c2cnc3c(Nc4ccc(C(=O)NCCCNCCCCNCCCN)c(CC)c4)nccn23)c(C(F)(F)F)n1.O=C(O)C(F)(F)F. The van der Waals surface area contributed by atoms with Crippen LogP contribution in [0.5, 0.6) is 0 Å². The van der Waals surface area contributed by atoms with Crippen LogP contribution in [0.4, 0.5) is 37.8 Å². The Kier molecular flexibility index (Phi) is 16.1. The van der Waals surface area contributed by atoms with E-state index in [1.807, 2.05) is 13.0 Å². The maximum absolute atomic E-state index is 13.8. The predicted molar refractivity (Wildman–Crippen MR) is 186 cm³/mol. The monoisotopic (exact) mass is 752 g/mol. The molecule has 4 rings (SSSR count). The van der Waals surface area contributed by atoms with Crippen LogP contribution < -0.4 is 27.0 Å². The second kappa shape index (κ2) is 20.2. The van der Waals surface area contributed by atoms with Crippen molar-refractivity contribution < 1.29 is 41.0 Å². The van der Waals surface area contributed by atoms with Crippen molar-refractivity contribution in [2.75, 3.05) is 44.6 Å². The molecule has 0 radical (unpaired) electrons. The summed E-state index contributed by atoms with van der Waals surface area (Å²) in [6, 6.07) is 5.38. The molecule has 0 fully saturated rings. The topological polar surface area (TPSA) is 177 Å². The first-order valence-electron chi connectivity index (χ1n) is 16.7. The number of carboxylic acids is 1. The van der Waals surface area contributed by atoms with Crippen LogP contribution in [0.1, 0.15) is 54.2 Å².